The molecule has 0 fully saturated rings. The van der Waals surface area contributed by atoms with Crippen LogP contribution in [0, 0.1) is 0 Å². The molecule has 0 bridgehead atoms. The molecule has 2 atom stereocenters. The molecule has 3 aromatic rings. The molecule has 0 aromatic heterocycles. The van der Waals surface area contributed by atoms with Gasteiger partial charge >= 0.3 is 0 Å². The first kappa shape index (κ1) is 21.7. The van der Waals surface area contributed by atoms with E-state index in [9.17, 15) is 0 Å². The van der Waals surface area contributed by atoms with E-state index in [4.69, 9.17) is 45.1 Å². The Kier molecular flexibility index (Phi) is 5.25. The molecule has 9 heteroatoms. The molecule has 0 aliphatic carbocycles. The maximum Gasteiger partial charge on any atom is 0.231 e. The molecule has 0 radical (unpaired) electrons. The molecule has 0 unspecified atom stereocenters. The van der Waals surface area contributed by atoms with E-state index in [1.807, 2.05) is 53.5 Å². The van der Waals surface area contributed by atoms with Gasteiger partial charge in [-0.15, -0.1) is 0 Å². The second-order valence-electron chi connectivity index (χ2n) is 8.33. The minimum Gasteiger partial charge on any atom is -0.493 e. The van der Waals surface area contributed by atoms with E-state index in [0.29, 0.717) is 28.7 Å². The van der Waals surface area contributed by atoms with Gasteiger partial charge < -0.3 is 28.4 Å². The molecule has 0 saturated heterocycles. The number of hydrogen-bond acceptors (Lipinski definition) is 8. The molecule has 0 spiro atoms. The lowest BCUT2D eigenvalue weighted by atomic mass is 9.95. The summed E-state index contributed by atoms with van der Waals surface area (Å²) in [5, 5.41) is 7.64. The van der Waals surface area contributed by atoms with Crippen LogP contribution in [-0.2, 0) is 0 Å². The molecule has 3 aliphatic heterocycles. The van der Waals surface area contributed by atoms with Crippen molar-refractivity contribution in [3.63, 3.8) is 0 Å². The number of halogens is 1. The fraction of sp³-hybridized carbons (Fsp3) is 0.269. The van der Waals surface area contributed by atoms with Gasteiger partial charge in [0.25, 0.3) is 0 Å². The molecule has 180 valence electrons. The second-order valence-corrected chi connectivity index (χ2v) is 8.76. The van der Waals surface area contributed by atoms with E-state index < -0.39 is 6.23 Å². The first-order valence-electron chi connectivity index (χ1n) is 11.1. The quantitative estimate of drug-likeness (QED) is 0.474. The number of hydrogen-bond donors (Lipinski definition) is 0. The summed E-state index contributed by atoms with van der Waals surface area (Å²) in [4.78, 5) is 0. The summed E-state index contributed by atoms with van der Waals surface area (Å²) in [6.07, 6.45) is 0.158. The first-order valence-corrected chi connectivity index (χ1v) is 11.5. The second kappa shape index (κ2) is 8.46. The zero-order chi connectivity index (χ0) is 24.1. The van der Waals surface area contributed by atoms with Crippen LogP contribution in [0.2, 0.25) is 5.02 Å². The monoisotopic (exact) mass is 494 g/mol. The fourth-order valence-electron chi connectivity index (χ4n) is 4.77. The number of nitrogens with zero attached hydrogens (tertiary/aromatic N) is 2. The van der Waals surface area contributed by atoms with Crippen LogP contribution in [0.3, 0.4) is 0 Å². The largest absolute Gasteiger partial charge is 0.493 e. The van der Waals surface area contributed by atoms with Crippen molar-refractivity contribution in [1.82, 2.24) is 5.01 Å². The molecular weight excluding hydrogens is 472 g/mol. The lowest BCUT2D eigenvalue weighted by Crippen LogP contribution is -2.33. The van der Waals surface area contributed by atoms with Crippen LogP contribution in [0.1, 0.15) is 35.4 Å². The predicted octanol–water partition coefficient (Wildman–Crippen LogP) is 5.34. The number of fused-ring (bicyclic) bond motifs is 4. The van der Waals surface area contributed by atoms with E-state index in [0.717, 1.165) is 39.7 Å². The normalized spacial score (nSPS) is 19.4. The topological polar surface area (TPSA) is 71.0 Å². The third kappa shape index (κ3) is 3.56. The van der Waals surface area contributed by atoms with Crippen molar-refractivity contribution in [3.05, 3.63) is 70.2 Å². The summed E-state index contributed by atoms with van der Waals surface area (Å²) in [7, 11) is 4.76. The predicted molar refractivity (Wildman–Crippen MR) is 129 cm³/mol. The number of hydrazone groups is 1. The van der Waals surface area contributed by atoms with Crippen LogP contribution in [0.5, 0.6) is 34.5 Å². The molecular formula is C26H23ClN2O6. The van der Waals surface area contributed by atoms with Crippen LogP contribution in [0.25, 0.3) is 0 Å². The highest BCUT2D eigenvalue weighted by Gasteiger charge is 2.42. The molecule has 6 rings (SSSR count). The van der Waals surface area contributed by atoms with E-state index in [2.05, 4.69) is 0 Å². The average Bonchev–Trinajstić information content (AvgIpc) is 3.54. The van der Waals surface area contributed by atoms with Crippen LogP contribution in [0.4, 0.5) is 0 Å². The fourth-order valence-corrected chi connectivity index (χ4v) is 4.95. The number of ether oxygens (including phenoxy) is 6. The summed E-state index contributed by atoms with van der Waals surface area (Å²) in [5.41, 5.74) is 3.69. The van der Waals surface area contributed by atoms with E-state index >= 15 is 0 Å². The van der Waals surface area contributed by atoms with Crippen molar-refractivity contribution < 1.29 is 28.4 Å². The molecule has 3 aromatic carbocycles. The average molecular weight is 495 g/mol. The highest BCUT2D eigenvalue weighted by atomic mass is 35.5. The zero-order valence-corrected chi connectivity index (χ0v) is 20.2. The summed E-state index contributed by atoms with van der Waals surface area (Å²) >= 11 is 6.36. The van der Waals surface area contributed by atoms with Crippen molar-refractivity contribution >= 4 is 17.3 Å². The van der Waals surface area contributed by atoms with Gasteiger partial charge in [-0.1, -0.05) is 11.6 Å². The Morgan fingerprint density at radius 2 is 1.63 bits per heavy atom. The highest BCUT2D eigenvalue weighted by molar-refractivity contribution is 6.30. The number of methoxy groups -OCH3 is 3. The standard InChI is InChI=1S/C26H23ClN2O6/c1-30-23-9-15(10-24(31-2)25(23)32-3)26-29-19(17-11-16(27)5-7-20(17)35-26)12-18(28-29)14-4-6-21-22(8-14)34-13-33-21/h4-11,19,26H,12-13H2,1-3H3/t19-,26+/m1/s1. The SMILES string of the molecule is COc1cc([C@@H]2Oc3ccc(Cl)cc3[C@H]3CC(c4ccc5c(c4)OCO5)=NN32)cc(OC)c1OC. The van der Waals surface area contributed by atoms with Gasteiger partial charge in [-0.05, 0) is 48.5 Å². The maximum atomic E-state index is 6.48. The molecule has 0 amide bonds. The lowest BCUT2D eigenvalue weighted by Gasteiger charge is -2.38. The zero-order valence-electron chi connectivity index (χ0n) is 19.4. The molecule has 0 saturated carbocycles. The van der Waals surface area contributed by atoms with Gasteiger partial charge in [0, 0.05) is 28.1 Å². The molecule has 3 heterocycles. The van der Waals surface area contributed by atoms with Crippen molar-refractivity contribution in [2.45, 2.75) is 18.7 Å². The van der Waals surface area contributed by atoms with Crippen LogP contribution >= 0.6 is 11.6 Å². The smallest absolute Gasteiger partial charge is 0.231 e. The van der Waals surface area contributed by atoms with Gasteiger partial charge in [-0.2, -0.15) is 5.10 Å². The summed E-state index contributed by atoms with van der Waals surface area (Å²) in [6.45, 7) is 0.225. The summed E-state index contributed by atoms with van der Waals surface area (Å²) < 4.78 is 34.2. The molecule has 35 heavy (non-hydrogen) atoms. The Labute approximate surface area is 207 Å². The van der Waals surface area contributed by atoms with Crippen molar-refractivity contribution in [2.24, 2.45) is 5.10 Å². The highest BCUT2D eigenvalue weighted by Crippen LogP contribution is 2.50. The van der Waals surface area contributed by atoms with Crippen LogP contribution in [-0.4, -0.2) is 38.8 Å². The Balaban J connectivity index is 1.46. The van der Waals surface area contributed by atoms with Gasteiger partial charge in [0.05, 0.1) is 33.1 Å². The van der Waals surface area contributed by atoms with Crippen LogP contribution < -0.4 is 28.4 Å². The Hall–Kier alpha value is -3.78. The van der Waals surface area contributed by atoms with Gasteiger partial charge in [0.1, 0.15) is 5.75 Å². The Morgan fingerprint density at radius 1 is 0.886 bits per heavy atom. The first-order chi connectivity index (χ1) is 17.1. The van der Waals surface area contributed by atoms with Crippen molar-refractivity contribution in [3.8, 4) is 34.5 Å². The summed E-state index contributed by atoms with van der Waals surface area (Å²) in [6, 6.07) is 15.3. The Bertz CT molecular complexity index is 1320. The lowest BCUT2D eigenvalue weighted by molar-refractivity contribution is -0.0192. The third-order valence-electron chi connectivity index (χ3n) is 6.43. The molecule has 0 N–H and O–H groups in total. The van der Waals surface area contributed by atoms with E-state index in [1.165, 1.54) is 0 Å². The van der Waals surface area contributed by atoms with E-state index in [1.54, 1.807) is 21.3 Å². The van der Waals surface area contributed by atoms with Gasteiger partial charge in [-0.25, -0.2) is 5.01 Å². The minimum atomic E-state index is -0.520. The Morgan fingerprint density at radius 3 is 2.37 bits per heavy atom. The third-order valence-corrected chi connectivity index (χ3v) is 6.67. The maximum absolute atomic E-state index is 6.48. The molecule has 8 nitrogen and oxygen atoms in total. The number of rotatable bonds is 5. The number of benzene rings is 3. The van der Waals surface area contributed by atoms with Gasteiger partial charge in [0.2, 0.25) is 18.8 Å². The minimum absolute atomic E-state index is 0.0676. The van der Waals surface area contributed by atoms with Crippen LogP contribution in [0.15, 0.2) is 53.6 Å². The van der Waals surface area contributed by atoms with Gasteiger partial charge in [0.15, 0.2) is 23.0 Å². The summed E-state index contributed by atoms with van der Waals surface area (Å²) in [5.74, 6) is 3.82. The van der Waals surface area contributed by atoms with Crippen molar-refractivity contribution in [2.75, 3.05) is 28.1 Å². The van der Waals surface area contributed by atoms with E-state index in [-0.39, 0.29) is 12.8 Å². The van der Waals surface area contributed by atoms with Gasteiger partial charge in [-0.3, -0.25) is 0 Å². The van der Waals surface area contributed by atoms with Crippen molar-refractivity contribution in [1.29, 1.82) is 0 Å². The molecule has 3 aliphatic rings.